The van der Waals surface area contributed by atoms with E-state index in [-0.39, 0.29) is 42.3 Å². The second kappa shape index (κ2) is 10.7. The van der Waals surface area contributed by atoms with Crippen molar-refractivity contribution >= 4 is 34.1 Å². The molecule has 1 aromatic heterocycles. The number of amides is 2. The second-order valence-electron chi connectivity index (χ2n) is 8.01. The van der Waals surface area contributed by atoms with Crippen LogP contribution in [-0.2, 0) is 20.9 Å². The molecule has 11 nitrogen and oxygen atoms in total. The molecule has 1 aliphatic rings. The van der Waals surface area contributed by atoms with Crippen molar-refractivity contribution in [1.82, 2.24) is 4.98 Å². The van der Waals surface area contributed by atoms with E-state index in [1.165, 1.54) is 42.5 Å². The van der Waals surface area contributed by atoms with Crippen LogP contribution < -0.4 is 26.2 Å². The van der Waals surface area contributed by atoms with E-state index in [2.05, 4.69) is 15.0 Å². The number of nitrogens with zero attached hydrogens (tertiary/aromatic N) is 2. The van der Waals surface area contributed by atoms with Crippen molar-refractivity contribution in [3.63, 3.8) is 0 Å². The van der Waals surface area contributed by atoms with Gasteiger partial charge >= 0.3 is 6.61 Å². The van der Waals surface area contributed by atoms with E-state index in [0.717, 1.165) is 4.90 Å². The molecule has 192 valence electrons. The lowest BCUT2D eigenvalue weighted by molar-refractivity contribution is -0.150. The molecule has 13 heteroatoms. The van der Waals surface area contributed by atoms with Crippen LogP contribution in [0.5, 0.6) is 5.75 Å². The molecule has 0 radical (unpaired) electrons. The maximum atomic E-state index is 13.2. The number of alkyl halides is 2. The maximum Gasteiger partial charge on any atom is 0.387 e. The number of anilines is 2. The molecule has 0 bridgehead atoms. The van der Waals surface area contributed by atoms with Gasteiger partial charge in [0, 0.05) is 36.3 Å². The summed E-state index contributed by atoms with van der Waals surface area (Å²) in [5, 5.41) is 22.6. The number of nitriles is 1. The summed E-state index contributed by atoms with van der Waals surface area (Å²) in [5.41, 5.74) is 6.35. The Kier molecular flexibility index (Phi) is 7.44. The molecular formula is C24H21F2N5O6. The monoisotopic (exact) mass is 513 g/mol. The van der Waals surface area contributed by atoms with Crippen molar-refractivity contribution in [2.24, 2.45) is 5.73 Å². The molecule has 3 aromatic rings. The van der Waals surface area contributed by atoms with Gasteiger partial charge in [0.15, 0.2) is 18.0 Å². The number of aliphatic hydroxyl groups excluding tert-OH is 1. The van der Waals surface area contributed by atoms with Crippen LogP contribution in [0.2, 0.25) is 0 Å². The van der Waals surface area contributed by atoms with Gasteiger partial charge in [-0.1, -0.05) is 0 Å². The van der Waals surface area contributed by atoms with Crippen LogP contribution in [0.15, 0.2) is 47.3 Å². The topological polar surface area (TPSA) is 171 Å². The van der Waals surface area contributed by atoms with Crippen molar-refractivity contribution in [3.05, 3.63) is 63.9 Å². The smallest absolute Gasteiger partial charge is 0.387 e. The molecule has 2 aromatic carbocycles. The number of H-pyrrole nitrogens is 1. The predicted octanol–water partition coefficient (Wildman–Crippen LogP) is 1.19. The lowest BCUT2D eigenvalue weighted by Gasteiger charge is -2.34. The Labute approximate surface area is 208 Å². The maximum absolute atomic E-state index is 13.2. The number of rotatable bonds is 7. The number of aromatic nitrogens is 1. The molecule has 1 fully saturated rings. The zero-order valence-electron chi connectivity index (χ0n) is 19.1. The highest BCUT2D eigenvalue weighted by molar-refractivity contribution is 6.05. The Morgan fingerprint density at radius 1 is 1.30 bits per heavy atom. The Hall–Kier alpha value is -4.38. The fourth-order valence-electron chi connectivity index (χ4n) is 3.95. The van der Waals surface area contributed by atoms with E-state index in [9.17, 15) is 28.3 Å². The molecule has 5 N–H and O–H groups in total. The summed E-state index contributed by atoms with van der Waals surface area (Å²) in [6, 6.07) is 11.5. The first-order valence-electron chi connectivity index (χ1n) is 11.0. The van der Waals surface area contributed by atoms with Gasteiger partial charge < -0.3 is 35.5 Å². The van der Waals surface area contributed by atoms with Crippen LogP contribution >= 0.6 is 0 Å². The first-order valence-corrected chi connectivity index (χ1v) is 11.0. The predicted molar refractivity (Wildman–Crippen MR) is 127 cm³/mol. The van der Waals surface area contributed by atoms with Gasteiger partial charge in [0.1, 0.15) is 0 Å². The van der Waals surface area contributed by atoms with Crippen LogP contribution in [0.25, 0.3) is 10.9 Å². The highest BCUT2D eigenvalue weighted by Gasteiger charge is 2.40. The average molecular weight is 513 g/mol. The largest absolute Gasteiger partial charge is 0.433 e. The molecule has 1 saturated heterocycles. The number of carbonyl (C=O) groups excluding carboxylic acids is 2. The lowest BCUT2D eigenvalue weighted by atomic mass is 10.1. The third kappa shape index (κ3) is 5.41. The average Bonchev–Trinajstić information content (AvgIpc) is 2.87. The fourth-order valence-corrected chi connectivity index (χ4v) is 3.95. The van der Waals surface area contributed by atoms with Crippen molar-refractivity contribution in [3.8, 4) is 11.8 Å². The summed E-state index contributed by atoms with van der Waals surface area (Å²) < 4.78 is 36.2. The Balaban J connectivity index is 1.60. The van der Waals surface area contributed by atoms with Crippen LogP contribution in [0.1, 0.15) is 11.1 Å². The van der Waals surface area contributed by atoms with Crippen molar-refractivity contribution in [2.75, 3.05) is 23.4 Å². The van der Waals surface area contributed by atoms with E-state index < -0.39 is 36.2 Å². The zero-order chi connectivity index (χ0) is 26.7. The van der Waals surface area contributed by atoms with E-state index >= 15 is 0 Å². The molecule has 0 spiro atoms. The van der Waals surface area contributed by atoms with Crippen molar-refractivity contribution in [1.29, 1.82) is 5.26 Å². The standard InChI is InChI=1S/C24H21F2N5O6/c25-24(26)37-18-9-16-12(2-4-19(32)30-16)8-17(18)31-5-6-36-21(23(31)35)20(33)22(34)29-15-3-1-13(10-27)14(7-15)11-28/h1-4,7-9,20-21,24,33H,5-6,11,28H2,(H,29,34)(H,30,32)/t20-,21-/m1/s1. The number of carbonyl (C=O) groups is 2. The molecule has 1 aliphatic heterocycles. The number of hydrogen-bond donors (Lipinski definition) is 4. The molecule has 4 rings (SSSR count). The Bertz CT molecular complexity index is 1450. The van der Waals surface area contributed by atoms with E-state index in [1.807, 2.05) is 6.07 Å². The minimum Gasteiger partial charge on any atom is -0.433 e. The van der Waals surface area contributed by atoms with E-state index in [0.29, 0.717) is 16.5 Å². The number of aliphatic hydroxyl groups is 1. The summed E-state index contributed by atoms with van der Waals surface area (Å²) in [7, 11) is 0. The fraction of sp³-hybridized carbons (Fsp3) is 0.250. The van der Waals surface area contributed by atoms with Crippen LogP contribution in [-0.4, -0.2) is 53.9 Å². The van der Waals surface area contributed by atoms with Crippen LogP contribution in [0.4, 0.5) is 20.2 Å². The molecule has 0 unspecified atom stereocenters. The summed E-state index contributed by atoms with van der Waals surface area (Å²) in [4.78, 5) is 41.1. The third-order valence-electron chi connectivity index (χ3n) is 5.70. The van der Waals surface area contributed by atoms with Gasteiger partial charge in [0.2, 0.25) is 5.56 Å². The summed E-state index contributed by atoms with van der Waals surface area (Å²) >= 11 is 0. The lowest BCUT2D eigenvalue weighted by Crippen LogP contribution is -2.55. The zero-order valence-corrected chi connectivity index (χ0v) is 19.1. The van der Waals surface area contributed by atoms with Crippen molar-refractivity contribution in [2.45, 2.75) is 25.4 Å². The van der Waals surface area contributed by atoms with Gasteiger partial charge in [-0.15, -0.1) is 0 Å². The SMILES string of the molecule is N#Cc1ccc(NC(=O)[C@H](O)[C@H]2OCCN(c3cc4ccc(=O)[nH]c4cc3OC(F)F)C2=O)cc1CN. The van der Waals surface area contributed by atoms with Gasteiger partial charge in [-0.2, -0.15) is 14.0 Å². The first kappa shape index (κ1) is 25.7. The van der Waals surface area contributed by atoms with Crippen LogP contribution in [0.3, 0.4) is 0 Å². The number of aromatic amines is 1. The number of ether oxygens (including phenoxy) is 2. The molecule has 0 saturated carbocycles. The summed E-state index contributed by atoms with van der Waals surface area (Å²) in [5.74, 6) is -2.21. The minimum atomic E-state index is -3.22. The van der Waals surface area contributed by atoms with E-state index in [4.69, 9.17) is 15.7 Å². The molecule has 2 amide bonds. The normalized spacial score (nSPS) is 16.5. The second-order valence-corrected chi connectivity index (χ2v) is 8.01. The van der Waals surface area contributed by atoms with Gasteiger partial charge in [-0.3, -0.25) is 14.4 Å². The van der Waals surface area contributed by atoms with Crippen molar-refractivity contribution < 1.29 is 33.0 Å². The Morgan fingerprint density at radius 3 is 2.78 bits per heavy atom. The number of benzene rings is 2. The molecule has 2 heterocycles. The molecule has 2 atom stereocenters. The van der Waals surface area contributed by atoms with E-state index in [1.54, 1.807) is 0 Å². The molecular weight excluding hydrogens is 492 g/mol. The number of nitrogens with one attached hydrogen (secondary N) is 2. The van der Waals surface area contributed by atoms with Gasteiger partial charge in [0.25, 0.3) is 11.8 Å². The Morgan fingerprint density at radius 2 is 2.08 bits per heavy atom. The highest BCUT2D eigenvalue weighted by Crippen LogP contribution is 2.35. The quantitative estimate of drug-likeness (QED) is 0.365. The number of fused-ring (bicyclic) bond motifs is 1. The van der Waals surface area contributed by atoms with Gasteiger partial charge in [-0.25, -0.2) is 0 Å². The van der Waals surface area contributed by atoms with Gasteiger partial charge in [-0.05, 0) is 35.9 Å². The van der Waals surface area contributed by atoms with Gasteiger partial charge in [0.05, 0.1) is 29.4 Å². The summed E-state index contributed by atoms with van der Waals surface area (Å²) in [6.07, 6.45) is -3.60. The minimum absolute atomic E-state index is 0.0387. The number of morpholine rings is 1. The number of pyridine rings is 1. The number of halogens is 2. The van der Waals surface area contributed by atoms with Crippen LogP contribution in [0, 0.1) is 11.3 Å². The summed E-state index contributed by atoms with van der Waals surface area (Å²) in [6.45, 7) is -3.38. The molecule has 0 aliphatic carbocycles. The number of hydrogen-bond acceptors (Lipinski definition) is 8. The number of nitrogens with two attached hydrogens (primary N) is 1. The third-order valence-corrected chi connectivity index (χ3v) is 5.70. The highest BCUT2D eigenvalue weighted by atomic mass is 19.3. The molecule has 37 heavy (non-hydrogen) atoms. The first-order chi connectivity index (χ1) is 17.7.